The van der Waals surface area contributed by atoms with Gasteiger partial charge in [0.2, 0.25) is 5.91 Å². The van der Waals surface area contributed by atoms with Crippen LogP contribution in [0.5, 0.6) is 0 Å². The minimum atomic E-state index is -0.486. The molecular weight excluding hydrogens is 562 g/mol. The van der Waals surface area contributed by atoms with E-state index in [1.54, 1.807) is 6.92 Å². The largest absolute Gasteiger partial charge is 0.466 e. The molecule has 226 valence electrons. The number of carbonyl (C=O) groups excluding carboxylic acids is 3. The number of piperidine rings is 1. The van der Waals surface area contributed by atoms with Crippen molar-refractivity contribution < 1.29 is 23.9 Å². The lowest BCUT2D eigenvalue weighted by Gasteiger charge is -2.37. The van der Waals surface area contributed by atoms with Gasteiger partial charge in [0.25, 0.3) is 0 Å². The average molecular weight is 602 g/mol. The van der Waals surface area contributed by atoms with Gasteiger partial charge in [-0.15, -0.1) is 0 Å². The Morgan fingerprint density at radius 1 is 1.00 bits per heavy atom. The molecule has 0 aliphatic carbocycles. The predicted octanol–water partition coefficient (Wildman–Crippen LogP) is 6.32. The molecule has 43 heavy (non-hydrogen) atoms. The lowest BCUT2D eigenvalue weighted by Crippen LogP contribution is -2.42. The van der Waals surface area contributed by atoms with Crippen LogP contribution in [0.2, 0.25) is 0 Å². The number of aliphatic imine (C=N–C) groups is 1. The number of amidine groups is 1. The van der Waals surface area contributed by atoms with E-state index in [0.29, 0.717) is 49.7 Å². The number of fused-ring (bicyclic) bond motifs is 1. The molecule has 1 amide bonds. The molecule has 0 radical (unpaired) electrons. The van der Waals surface area contributed by atoms with Gasteiger partial charge in [-0.3, -0.25) is 9.59 Å². The molecule has 3 aliphatic rings. The first-order valence-electron chi connectivity index (χ1n) is 15.0. The first-order chi connectivity index (χ1) is 20.8. The Morgan fingerprint density at radius 2 is 1.70 bits per heavy atom. The minimum Gasteiger partial charge on any atom is -0.466 e. The number of benzene rings is 2. The number of hydrogen-bond donors (Lipinski definition) is 0. The third-order valence-corrected chi connectivity index (χ3v) is 9.04. The van der Waals surface area contributed by atoms with Crippen LogP contribution in [0.25, 0.3) is 0 Å². The summed E-state index contributed by atoms with van der Waals surface area (Å²) in [5, 5.41) is 2.70. The maximum Gasteiger partial charge on any atom is 0.338 e. The smallest absolute Gasteiger partial charge is 0.338 e. The van der Waals surface area contributed by atoms with Crippen LogP contribution >= 0.6 is 11.8 Å². The van der Waals surface area contributed by atoms with Gasteiger partial charge in [0.05, 0.1) is 36.3 Å². The fraction of sp³-hybridized carbons (Fsp3) is 0.412. The van der Waals surface area contributed by atoms with Gasteiger partial charge in [0.1, 0.15) is 6.61 Å². The van der Waals surface area contributed by atoms with Crippen molar-refractivity contribution in [2.45, 2.75) is 65.5 Å². The molecule has 2 aromatic carbocycles. The summed E-state index contributed by atoms with van der Waals surface area (Å²) in [6, 6.07) is 17.4. The second-order valence-corrected chi connectivity index (χ2v) is 12.2. The van der Waals surface area contributed by atoms with Crippen molar-refractivity contribution in [2.75, 3.05) is 19.7 Å². The highest BCUT2D eigenvalue weighted by Crippen LogP contribution is 2.45. The molecule has 3 heterocycles. The maximum atomic E-state index is 13.7. The van der Waals surface area contributed by atoms with Gasteiger partial charge in [0.15, 0.2) is 5.17 Å². The average Bonchev–Trinajstić information content (AvgIpc) is 3.41. The van der Waals surface area contributed by atoms with Crippen molar-refractivity contribution in [1.29, 1.82) is 0 Å². The van der Waals surface area contributed by atoms with Crippen LogP contribution in [0.15, 0.2) is 82.0 Å². The molecular formula is C34H39N3O5S. The molecule has 2 aromatic rings. The Balaban J connectivity index is 1.38. The van der Waals surface area contributed by atoms with Crippen LogP contribution in [0.4, 0.5) is 0 Å². The monoisotopic (exact) mass is 601 g/mol. The van der Waals surface area contributed by atoms with Crippen molar-refractivity contribution in [3.63, 3.8) is 0 Å². The number of rotatable bonds is 9. The molecule has 1 saturated heterocycles. The van der Waals surface area contributed by atoms with Crippen LogP contribution in [-0.4, -0.2) is 52.5 Å². The van der Waals surface area contributed by atoms with E-state index in [4.69, 9.17) is 14.5 Å². The normalized spacial score (nSPS) is 18.8. The zero-order valence-corrected chi connectivity index (χ0v) is 26.1. The summed E-state index contributed by atoms with van der Waals surface area (Å²) in [5.74, 6) is -0.413. The summed E-state index contributed by atoms with van der Waals surface area (Å²) in [5.41, 5.74) is 4.90. The molecule has 0 spiro atoms. The van der Waals surface area contributed by atoms with Gasteiger partial charge in [-0.2, -0.15) is 0 Å². The molecule has 1 atom stereocenters. The Bertz CT molecular complexity index is 1440. The zero-order chi connectivity index (χ0) is 30.5. The van der Waals surface area contributed by atoms with Gasteiger partial charge < -0.3 is 19.3 Å². The number of allylic oxidation sites excluding steroid dienone is 1. The number of hydrogen-bond acceptors (Lipinski definition) is 8. The summed E-state index contributed by atoms with van der Waals surface area (Å²) >= 11 is 1.46. The van der Waals surface area contributed by atoms with Gasteiger partial charge >= 0.3 is 11.9 Å². The van der Waals surface area contributed by atoms with Crippen molar-refractivity contribution in [3.05, 3.63) is 93.7 Å². The third-order valence-electron chi connectivity index (χ3n) is 8.15. The van der Waals surface area contributed by atoms with Crippen LogP contribution in [0.3, 0.4) is 0 Å². The molecule has 5 rings (SSSR count). The van der Waals surface area contributed by atoms with E-state index < -0.39 is 12.0 Å². The predicted molar refractivity (Wildman–Crippen MR) is 168 cm³/mol. The van der Waals surface area contributed by atoms with Crippen molar-refractivity contribution in [1.82, 2.24) is 9.80 Å². The molecule has 1 fully saturated rings. The fourth-order valence-electron chi connectivity index (χ4n) is 5.70. The second kappa shape index (κ2) is 13.6. The van der Waals surface area contributed by atoms with E-state index >= 15 is 0 Å². The number of thioether (sulfide) groups is 1. The van der Waals surface area contributed by atoms with E-state index in [1.807, 2.05) is 52.5 Å². The summed E-state index contributed by atoms with van der Waals surface area (Å²) in [7, 11) is 0. The van der Waals surface area contributed by atoms with Gasteiger partial charge in [-0.05, 0) is 54.7 Å². The number of ether oxygens (including phenoxy) is 2. The highest BCUT2D eigenvalue weighted by molar-refractivity contribution is 8.16. The number of likely N-dealkylation sites (tertiary alicyclic amines) is 1. The Morgan fingerprint density at radius 3 is 2.35 bits per heavy atom. The lowest BCUT2D eigenvalue weighted by atomic mass is 9.91. The Hall–Kier alpha value is -3.85. The third kappa shape index (κ3) is 6.88. The summed E-state index contributed by atoms with van der Waals surface area (Å²) in [4.78, 5) is 48.1. The van der Waals surface area contributed by atoms with Crippen molar-refractivity contribution >= 4 is 34.8 Å². The number of amides is 1. The lowest BCUT2D eigenvalue weighted by molar-refractivity contribution is -0.151. The molecule has 0 saturated carbocycles. The topological polar surface area (TPSA) is 88.5 Å². The first-order valence-corrected chi connectivity index (χ1v) is 15.8. The zero-order valence-electron chi connectivity index (χ0n) is 25.2. The highest BCUT2D eigenvalue weighted by Gasteiger charge is 2.41. The van der Waals surface area contributed by atoms with Gasteiger partial charge in [-0.25, -0.2) is 9.79 Å². The fourth-order valence-corrected chi connectivity index (χ4v) is 6.67. The second-order valence-electron chi connectivity index (χ2n) is 11.4. The Labute approximate surface area is 257 Å². The highest BCUT2D eigenvalue weighted by atomic mass is 32.2. The SMILES string of the molecule is CCOC(=O)C1CCN(C(=O)CC2=CSC3=NC(C)=C(C(=O)OCc4ccccc4)C(c4ccc(C(C)C)cc4)N23)CC1. The summed E-state index contributed by atoms with van der Waals surface area (Å²) in [6.07, 6.45) is 1.36. The summed E-state index contributed by atoms with van der Waals surface area (Å²) < 4.78 is 11.0. The standard InChI is InChI=1S/C34H39N3O5S/c1-5-41-32(39)27-15-17-36(18-16-27)29(38)19-28-21-43-34-35-23(4)30(33(40)42-20-24-9-7-6-8-10-24)31(37(28)34)26-13-11-25(12-14-26)22(2)3/h6-14,21-22,27,31H,5,15-20H2,1-4H3. The molecule has 0 N–H and O–H groups in total. The molecule has 1 unspecified atom stereocenters. The van der Waals surface area contributed by atoms with Gasteiger partial charge in [0, 0.05) is 18.8 Å². The van der Waals surface area contributed by atoms with Crippen molar-refractivity contribution in [3.8, 4) is 0 Å². The van der Waals surface area contributed by atoms with Crippen LogP contribution in [0.1, 0.15) is 75.6 Å². The van der Waals surface area contributed by atoms with Crippen molar-refractivity contribution in [2.24, 2.45) is 10.9 Å². The Kier molecular flexibility index (Phi) is 9.70. The van der Waals surface area contributed by atoms with Crippen LogP contribution < -0.4 is 0 Å². The molecule has 0 bridgehead atoms. The van der Waals surface area contributed by atoms with E-state index in [2.05, 4.69) is 38.1 Å². The van der Waals surface area contributed by atoms with E-state index in [1.165, 1.54) is 17.3 Å². The first kappa shape index (κ1) is 30.6. The van der Waals surface area contributed by atoms with E-state index in [9.17, 15) is 14.4 Å². The molecule has 3 aliphatic heterocycles. The minimum absolute atomic E-state index is 0.0104. The van der Waals surface area contributed by atoms with Crippen LogP contribution in [0, 0.1) is 5.92 Å². The van der Waals surface area contributed by atoms with Crippen LogP contribution in [-0.2, 0) is 30.5 Å². The van der Waals surface area contributed by atoms with E-state index in [-0.39, 0.29) is 30.8 Å². The van der Waals surface area contributed by atoms with Gasteiger partial charge in [-0.1, -0.05) is 80.2 Å². The molecule has 0 aromatic heterocycles. The van der Waals surface area contributed by atoms with E-state index in [0.717, 1.165) is 22.0 Å². The maximum absolute atomic E-state index is 13.7. The summed E-state index contributed by atoms with van der Waals surface area (Å²) in [6.45, 7) is 9.49. The number of esters is 2. The molecule has 9 heteroatoms. The molecule has 8 nitrogen and oxygen atoms in total. The number of nitrogens with zero attached hydrogens (tertiary/aromatic N) is 3. The number of carbonyl (C=O) groups is 3. The quantitative estimate of drug-likeness (QED) is 0.311.